The summed E-state index contributed by atoms with van der Waals surface area (Å²) in [6, 6.07) is 1.67. The van der Waals surface area contributed by atoms with Gasteiger partial charge >= 0.3 is 12.3 Å². The maximum atomic E-state index is 14.0. The number of fused-ring (bicyclic) bond motifs is 1. The highest BCUT2D eigenvalue weighted by Crippen LogP contribution is 2.41. The summed E-state index contributed by atoms with van der Waals surface area (Å²) >= 11 is 0. The Hall–Kier alpha value is -3.18. The monoisotopic (exact) mass is 472 g/mol. The zero-order valence-corrected chi connectivity index (χ0v) is 17.6. The van der Waals surface area contributed by atoms with Crippen LogP contribution >= 0.6 is 0 Å². The number of amides is 2. The second kappa shape index (κ2) is 8.64. The van der Waals surface area contributed by atoms with Gasteiger partial charge in [0, 0.05) is 25.2 Å². The lowest BCUT2D eigenvalue weighted by Gasteiger charge is -2.33. The fourth-order valence-electron chi connectivity index (χ4n) is 4.52. The van der Waals surface area contributed by atoms with Gasteiger partial charge in [-0.15, -0.1) is 0 Å². The molecule has 7 nitrogen and oxygen atoms in total. The number of piperidine rings is 1. The summed E-state index contributed by atoms with van der Waals surface area (Å²) in [4.78, 5) is 27.7. The van der Waals surface area contributed by atoms with Gasteiger partial charge in [-0.3, -0.25) is 9.89 Å². The number of alkyl halides is 3. The molecule has 2 aliphatic rings. The van der Waals surface area contributed by atoms with Gasteiger partial charge in [0.15, 0.2) is 17.3 Å². The lowest BCUT2D eigenvalue weighted by Crippen LogP contribution is -2.40. The Morgan fingerprint density at radius 3 is 2.45 bits per heavy atom. The van der Waals surface area contributed by atoms with Crippen LogP contribution in [0.5, 0.6) is 0 Å². The quantitative estimate of drug-likeness (QED) is 0.674. The number of halogens is 5. The highest BCUT2D eigenvalue weighted by Gasteiger charge is 2.41. The number of nitrogens with zero attached hydrogens (tertiary/aromatic N) is 3. The van der Waals surface area contributed by atoms with Crippen molar-refractivity contribution < 1.29 is 36.3 Å². The standard InChI is InChI=1S/C21H21F5N4O3/c1-33-20(32)30-9-6-13-15(10-30)27-28-18(13)19(31)29-7-4-11(5-8-29)12-2-3-14(22)17(23)16(12)21(24,25)26/h2-3,11H,4-10H2,1H3,(H,27,28). The molecule has 2 amide bonds. The zero-order chi connectivity index (χ0) is 23.9. The number of H-pyrrole nitrogens is 1. The first-order chi connectivity index (χ1) is 15.6. The third-order valence-corrected chi connectivity index (χ3v) is 6.20. The Morgan fingerprint density at radius 1 is 1.12 bits per heavy atom. The number of ether oxygens (including phenoxy) is 1. The van der Waals surface area contributed by atoms with Crippen LogP contribution < -0.4 is 0 Å². The normalized spacial score (nSPS) is 17.2. The van der Waals surface area contributed by atoms with Gasteiger partial charge in [0.2, 0.25) is 0 Å². The predicted molar refractivity (Wildman–Crippen MR) is 104 cm³/mol. The number of carbonyl (C=O) groups is 2. The highest BCUT2D eigenvalue weighted by molar-refractivity contribution is 5.94. The smallest absolute Gasteiger partial charge is 0.419 e. The van der Waals surface area contributed by atoms with Crippen molar-refractivity contribution in [1.82, 2.24) is 20.0 Å². The summed E-state index contributed by atoms with van der Waals surface area (Å²) in [5.41, 5.74) is -0.335. The Bertz CT molecular complexity index is 1080. The molecular weight excluding hydrogens is 451 g/mol. The van der Waals surface area contributed by atoms with Gasteiger partial charge in [-0.2, -0.15) is 18.3 Å². The Kier molecular flexibility index (Phi) is 6.02. The van der Waals surface area contributed by atoms with Gasteiger partial charge in [0.1, 0.15) is 0 Å². The predicted octanol–water partition coefficient (Wildman–Crippen LogP) is 3.85. The highest BCUT2D eigenvalue weighted by atomic mass is 19.4. The third-order valence-electron chi connectivity index (χ3n) is 6.20. The molecule has 0 unspecified atom stereocenters. The van der Waals surface area contributed by atoms with Crippen LogP contribution in [0.2, 0.25) is 0 Å². The van der Waals surface area contributed by atoms with E-state index in [0.29, 0.717) is 30.3 Å². The third kappa shape index (κ3) is 4.25. The van der Waals surface area contributed by atoms with E-state index in [4.69, 9.17) is 4.74 Å². The van der Waals surface area contributed by atoms with Crippen LogP contribution in [-0.4, -0.2) is 58.7 Å². The van der Waals surface area contributed by atoms with E-state index in [1.54, 1.807) is 0 Å². The fourth-order valence-corrected chi connectivity index (χ4v) is 4.52. The second-order valence-corrected chi connectivity index (χ2v) is 8.06. The molecule has 0 spiro atoms. The van der Waals surface area contributed by atoms with Gasteiger partial charge in [0.05, 0.1) is 24.9 Å². The summed E-state index contributed by atoms with van der Waals surface area (Å²) < 4.78 is 72.2. The minimum absolute atomic E-state index is 0.149. The number of methoxy groups -OCH3 is 1. The molecule has 2 aliphatic heterocycles. The molecule has 1 saturated heterocycles. The van der Waals surface area contributed by atoms with Crippen molar-refractivity contribution in [2.45, 2.75) is 37.9 Å². The summed E-state index contributed by atoms with van der Waals surface area (Å²) in [7, 11) is 1.28. The minimum atomic E-state index is -5.03. The molecule has 0 aliphatic carbocycles. The van der Waals surface area contributed by atoms with Crippen molar-refractivity contribution in [2.75, 3.05) is 26.7 Å². The van der Waals surface area contributed by atoms with Crippen molar-refractivity contribution in [3.63, 3.8) is 0 Å². The van der Waals surface area contributed by atoms with Crippen LogP contribution in [0, 0.1) is 11.6 Å². The summed E-state index contributed by atoms with van der Waals surface area (Å²) in [6.07, 6.45) is -4.77. The summed E-state index contributed by atoms with van der Waals surface area (Å²) in [5.74, 6) is -4.48. The Balaban J connectivity index is 1.47. The molecule has 0 atom stereocenters. The number of aromatic amines is 1. The van der Waals surface area contributed by atoms with E-state index in [2.05, 4.69) is 10.2 Å². The van der Waals surface area contributed by atoms with E-state index in [1.807, 2.05) is 0 Å². The molecule has 1 N–H and O–H groups in total. The van der Waals surface area contributed by atoms with Crippen molar-refractivity contribution in [1.29, 1.82) is 0 Å². The summed E-state index contributed by atoms with van der Waals surface area (Å²) in [6.45, 7) is 0.879. The average molecular weight is 472 g/mol. The number of nitrogens with one attached hydrogen (secondary N) is 1. The topological polar surface area (TPSA) is 78.5 Å². The van der Waals surface area contributed by atoms with E-state index in [9.17, 15) is 31.5 Å². The molecule has 0 radical (unpaired) electrons. The van der Waals surface area contributed by atoms with Crippen LogP contribution in [0.15, 0.2) is 12.1 Å². The number of benzene rings is 1. The molecule has 1 aromatic heterocycles. The van der Waals surface area contributed by atoms with E-state index in [-0.39, 0.29) is 49.6 Å². The fraction of sp³-hybridized carbons (Fsp3) is 0.476. The van der Waals surface area contributed by atoms with Crippen LogP contribution in [-0.2, 0) is 23.9 Å². The molecule has 0 bridgehead atoms. The number of aromatic nitrogens is 2. The summed E-state index contributed by atoms with van der Waals surface area (Å²) in [5, 5.41) is 6.88. The SMILES string of the molecule is COC(=O)N1CCc2c(C(=O)N3CCC(c4ccc(F)c(F)c4C(F)(F)F)CC3)n[nH]c2C1. The molecule has 178 valence electrons. The number of carbonyl (C=O) groups excluding carboxylic acids is 2. The van der Waals surface area contributed by atoms with Crippen molar-refractivity contribution in [3.05, 3.63) is 51.8 Å². The van der Waals surface area contributed by atoms with E-state index in [1.165, 1.54) is 16.9 Å². The van der Waals surface area contributed by atoms with Crippen molar-refractivity contribution >= 4 is 12.0 Å². The van der Waals surface area contributed by atoms with Crippen LogP contribution in [0.3, 0.4) is 0 Å². The average Bonchev–Trinajstić information content (AvgIpc) is 3.22. The maximum absolute atomic E-state index is 14.0. The molecule has 3 heterocycles. The van der Waals surface area contributed by atoms with E-state index in [0.717, 1.165) is 6.07 Å². The van der Waals surface area contributed by atoms with Crippen molar-refractivity contribution in [3.8, 4) is 0 Å². The zero-order valence-electron chi connectivity index (χ0n) is 17.6. The van der Waals surface area contributed by atoms with Gasteiger partial charge in [-0.1, -0.05) is 6.07 Å². The van der Waals surface area contributed by atoms with E-state index >= 15 is 0 Å². The molecule has 12 heteroatoms. The number of hydrogen-bond acceptors (Lipinski definition) is 4. The first-order valence-electron chi connectivity index (χ1n) is 10.3. The maximum Gasteiger partial charge on any atom is 0.419 e. The molecule has 0 saturated carbocycles. The number of likely N-dealkylation sites (tertiary alicyclic amines) is 1. The van der Waals surface area contributed by atoms with Crippen LogP contribution in [0.4, 0.5) is 26.7 Å². The lowest BCUT2D eigenvalue weighted by molar-refractivity contribution is -0.141. The van der Waals surface area contributed by atoms with Gasteiger partial charge in [-0.25, -0.2) is 13.6 Å². The van der Waals surface area contributed by atoms with Crippen molar-refractivity contribution in [2.24, 2.45) is 0 Å². The first kappa shape index (κ1) is 23.0. The molecule has 1 fully saturated rings. The minimum Gasteiger partial charge on any atom is -0.453 e. The van der Waals surface area contributed by atoms with E-state index < -0.39 is 35.4 Å². The Labute approximate surface area is 185 Å². The van der Waals surface area contributed by atoms with Gasteiger partial charge in [-0.05, 0) is 36.8 Å². The second-order valence-electron chi connectivity index (χ2n) is 8.06. The molecular formula is C21H21F5N4O3. The Morgan fingerprint density at radius 2 is 1.82 bits per heavy atom. The number of hydrogen-bond donors (Lipinski definition) is 1. The molecule has 2 aromatic rings. The molecule has 1 aromatic carbocycles. The molecule has 33 heavy (non-hydrogen) atoms. The van der Waals surface area contributed by atoms with Gasteiger partial charge < -0.3 is 14.5 Å². The van der Waals surface area contributed by atoms with Gasteiger partial charge in [0.25, 0.3) is 5.91 Å². The molecule has 4 rings (SSSR count). The lowest BCUT2D eigenvalue weighted by atomic mass is 9.85. The van der Waals surface area contributed by atoms with Crippen LogP contribution in [0.25, 0.3) is 0 Å². The van der Waals surface area contributed by atoms with Crippen LogP contribution in [0.1, 0.15) is 51.6 Å². The largest absolute Gasteiger partial charge is 0.453 e. The first-order valence-corrected chi connectivity index (χ1v) is 10.3. The number of rotatable bonds is 2.